The minimum atomic E-state index is -0.0716. The molecule has 1 heterocycles. The van der Waals surface area contributed by atoms with Crippen molar-refractivity contribution in [2.75, 3.05) is 13.7 Å². The summed E-state index contributed by atoms with van der Waals surface area (Å²) in [6.07, 6.45) is 0.374. The van der Waals surface area contributed by atoms with Crippen molar-refractivity contribution >= 4 is 5.78 Å². The Morgan fingerprint density at radius 2 is 2.29 bits per heavy atom. The molecule has 1 aliphatic rings. The van der Waals surface area contributed by atoms with E-state index in [9.17, 15) is 4.79 Å². The van der Waals surface area contributed by atoms with E-state index in [-0.39, 0.29) is 17.8 Å². The van der Waals surface area contributed by atoms with E-state index >= 15 is 0 Å². The van der Waals surface area contributed by atoms with Crippen LogP contribution in [0.4, 0.5) is 0 Å². The van der Waals surface area contributed by atoms with Gasteiger partial charge in [-0.25, -0.2) is 0 Å². The highest BCUT2D eigenvalue weighted by molar-refractivity contribution is 6.00. The molecule has 0 amide bonds. The van der Waals surface area contributed by atoms with E-state index < -0.39 is 0 Å². The second kappa shape index (κ2) is 4.88. The molecule has 0 N–H and O–H groups in total. The molecule has 92 valence electrons. The molecule has 2 unspecified atom stereocenters. The molecule has 1 aromatic carbocycles. The summed E-state index contributed by atoms with van der Waals surface area (Å²) < 4.78 is 11.0. The number of carbonyl (C=O) groups is 1. The zero-order valence-corrected chi connectivity index (χ0v) is 10.5. The van der Waals surface area contributed by atoms with E-state index in [1.54, 1.807) is 7.11 Å². The van der Waals surface area contributed by atoms with Gasteiger partial charge in [0.05, 0.1) is 12.2 Å². The highest BCUT2D eigenvalue weighted by Crippen LogP contribution is 2.30. The zero-order chi connectivity index (χ0) is 12.4. The van der Waals surface area contributed by atoms with Crippen molar-refractivity contribution in [2.45, 2.75) is 26.4 Å². The minimum Gasteiger partial charge on any atom is -0.489 e. The number of benzene rings is 1. The van der Waals surface area contributed by atoms with Gasteiger partial charge in [0.1, 0.15) is 11.9 Å². The Bertz CT molecular complexity index is 425. The summed E-state index contributed by atoms with van der Waals surface area (Å²) in [7, 11) is 1.67. The molecule has 3 nitrogen and oxygen atoms in total. The predicted molar refractivity (Wildman–Crippen MR) is 65.6 cm³/mol. The molecular weight excluding hydrogens is 216 g/mol. The number of rotatable bonds is 3. The van der Waals surface area contributed by atoms with E-state index in [0.717, 1.165) is 5.56 Å². The van der Waals surface area contributed by atoms with Gasteiger partial charge in [-0.15, -0.1) is 0 Å². The predicted octanol–water partition coefficient (Wildman–Crippen LogP) is 2.61. The Kier molecular flexibility index (Phi) is 3.48. The molecule has 0 aromatic heterocycles. The standard InChI is InChI=1S/C14H18O3/c1-9-4-5-13-11(6-9)12(15)7-14(17-13)10(2)8-16-3/h4-6,10,14H,7-8H2,1-3H3. The van der Waals surface area contributed by atoms with Crippen LogP contribution in [0.25, 0.3) is 0 Å². The van der Waals surface area contributed by atoms with Crippen LogP contribution < -0.4 is 4.74 Å². The average Bonchev–Trinajstić information content (AvgIpc) is 2.30. The van der Waals surface area contributed by atoms with Crippen molar-refractivity contribution in [1.29, 1.82) is 0 Å². The lowest BCUT2D eigenvalue weighted by atomic mass is 9.93. The fourth-order valence-corrected chi connectivity index (χ4v) is 2.15. The molecular formula is C14H18O3. The molecule has 17 heavy (non-hydrogen) atoms. The lowest BCUT2D eigenvalue weighted by molar-refractivity contribution is 0.0524. The van der Waals surface area contributed by atoms with E-state index in [0.29, 0.717) is 24.3 Å². The van der Waals surface area contributed by atoms with Gasteiger partial charge in [-0.2, -0.15) is 0 Å². The zero-order valence-electron chi connectivity index (χ0n) is 10.5. The van der Waals surface area contributed by atoms with Gasteiger partial charge in [-0.05, 0) is 19.1 Å². The monoisotopic (exact) mass is 234 g/mol. The molecule has 0 bridgehead atoms. The molecule has 3 heteroatoms. The largest absolute Gasteiger partial charge is 0.489 e. The molecule has 0 saturated heterocycles. The third kappa shape index (κ3) is 2.50. The summed E-state index contributed by atoms with van der Waals surface area (Å²) in [4.78, 5) is 12.0. The van der Waals surface area contributed by atoms with Gasteiger partial charge in [0.15, 0.2) is 5.78 Å². The SMILES string of the molecule is COCC(C)C1CC(=O)c2cc(C)ccc2O1. The van der Waals surface area contributed by atoms with Gasteiger partial charge >= 0.3 is 0 Å². The lowest BCUT2D eigenvalue weighted by Gasteiger charge is -2.29. The van der Waals surface area contributed by atoms with Crippen LogP contribution in [0.5, 0.6) is 5.75 Å². The molecule has 2 atom stereocenters. The van der Waals surface area contributed by atoms with Gasteiger partial charge in [-0.1, -0.05) is 18.6 Å². The molecule has 1 aliphatic heterocycles. The second-order valence-electron chi connectivity index (χ2n) is 4.72. The Balaban J connectivity index is 2.21. The molecule has 0 spiro atoms. The molecule has 0 saturated carbocycles. The number of ether oxygens (including phenoxy) is 2. The van der Waals surface area contributed by atoms with Crippen LogP contribution in [0.1, 0.15) is 29.3 Å². The third-order valence-electron chi connectivity index (χ3n) is 3.16. The molecule has 2 rings (SSSR count). The number of methoxy groups -OCH3 is 1. The van der Waals surface area contributed by atoms with Gasteiger partial charge in [0.25, 0.3) is 0 Å². The number of hydrogen-bond acceptors (Lipinski definition) is 3. The Morgan fingerprint density at radius 1 is 1.53 bits per heavy atom. The highest BCUT2D eigenvalue weighted by Gasteiger charge is 2.30. The maximum Gasteiger partial charge on any atom is 0.170 e. The molecule has 0 radical (unpaired) electrons. The Hall–Kier alpha value is -1.35. The summed E-state index contributed by atoms with van der Waals surface area (Å²) >= 11 is 0. The van der Waals surface area contributed by atoms with Gasteiger partial charge in [0, 0.05) is 19.4 Å². The quantitative estimate of drug-likeness (QED) is 0.806. The topological polar surface area (TPSA) is 35.5 Å². The third-order valence-corrected chi connectivity index (χ3v) is 3.16. The van der Waals surface area contributed by atoms with Crippen molar-refractivity contribution in [3.8, 4) is 5.75 Å². The van der Waals surface area contributed by atoms with Crippen LogP contribution in [0, 0.1) is 12.8 Å². The van der Waals surface area contributed by atoms with Crippen molar-refractivity contribution in [3.63, 3.8) is 0 Å². The van der Waals surface area contributed by atoms with E-state index in [1.165, 1.54) is 0 Å². The first-order valence-electron chi connectivity index (χ1n) is 5.91. The van der Waals surface area contributed by atoms with Gasteiger partial charge in [0.2, 0.25) is 0 Å². The van der Waals surface area contributed by atoms with Crippen LogP contribution >= 0.6 is 0 Å². The molecule has 1 aromatic rings. The molecule has 0 fully saturated rings. The smallest absolute Gasteiger partial charge is 0.170 e. The first-order valence-corrected chi connectivity index (χ1v) is 5.91. The maximum atomic E-state index is 12.0. The van der Waals surface area contributed by atoms with Gasteiger partial charge in [-0.3, -0.25) is 4.79 Å². The van der Waals surface area contributed by atoms with E-state index in [4.69, 9.17) is 9.47 Å². The number of fused-ring (bicyclic) bond motifs is 1. The van der Waals surface area contributed by atoms with Crippen molar-refractivity contribution in [2.24, 2.45) is 5.92 Å². The number of hydrogen-bond donors (Lipinski definition) is 0. The van der Waals surface area contributed by atoms with Crippen molar-refractivity contribution in [1.82, 2.24) is 0 Å². The number of Topliss-reactive ketones (excluding diaryl/α,β-unsaturated/α-hetero) is 1. The summed E-state index contributed by atoms with van der Waals surface area (Å²) in [6, 6.07) is 5.75. The maximum absolute atomic E-state index is 12.0. The fraction of sp³-hybridized carbons (Fsp3) is 0.500. The van der Waals surface area contributed by atoms with Crippen LogP contribution in [0.3, 0.4) is 0 Å². The van der Waals surface area contributed by atoms with Crippen LogP contribution in [-0.4, -0.2) is 25.6 Å². The highest BCUT2D eigenvalue weighted by atomic mass is 16.5. The summed E-state index contributed by atoms with van der Waals surface area (Å²) in [5, 5.41) is 0. The van der Waals surface area contributed by atoms with Crippen LogP contribution in [0.15, 0.2) is 18.2 Å². The average molecular weight is 234 g/mol. The summed E-state index contributed by atoms with van der Waals surface area (Å²) in [5.74, 6) is 1.10. The normalized spacial score (nSPS) is 20.6. The lowest BCUT2D eigenvalue weighted by Crippen LogP contribution is -2.34. The van der Waals surface area contributed by atoms with Gasteiger partial charge < -0.3 is 9.47 Å². The van der Waals surface area contributed by atoms with Crippen molar-refractivity contribution in [3.05, 3.63) is 29.3 Å². The number of aryl methyl sites for hydroxylation is 1. The van der Waals surface area contributed by atoms with Crippen molar-refractivity contribution < 1.29 is 14.3 Å². The van der Waals surface area contributed by atoms with E-state index in [2.05, 4.69) is 0 Å². The fourth-order valence-electron chi connectivity index (χ4n) is 2.15. The molecule has 0 aliphatic carbocycles. The minimum absolute atomic E-state index is 0.0716. The van der Waals surface area contributed by atoms with E-state index in [1.807, 2.05) is 32.0 Å². The van der Waals surface area contributed by atoms with Crippen LogP contribution in [0.2, 0.25) is 0 Å². The Morgan fingerprint density at radius 3 is 3.00 bits per heavy atom. The summed E-state index contributed by atoms with van der Waals surface area (Å²) in [6.45, 7) is 4.63. The Labute approximate surface area is 102 Å². The first kappa shape index (κ1) is 12.1. The first-order chi connectivity index (χ1) is 8.11. The number of ketones is 1. The van der Waals surface area contributed by atoms with Crippen LogP contribution in [-0.2, 0) is 4.74 Å². The number of carbonyl (C=O) groups excluding carboxylic acids is 1. The summed E-state index contributed by atoms with van der Waals surface area (Å²) in [5.41, 5.74) is 1.80. The second-order valence-corrected chi connectivity index (χ2v) is 4.72.